The van der Waals surface area contributed by atoms with E-state index < -0.39 is 29.8 Å². The van der Waals surface area contributed by atoms with Gasteiger partial charge >= 0.3 is 6.18 Å². The highest BCUT2D eigenvalue weighted by molar-refractivity contribution is 5.92. The van der Waals surface area contributed by atoms with Crippen molar-refractivity contribution in [3.05, 3.63) is 88.8 Å². The third kappa shape index (κ3) is 3.69. The van der Waals surface area contributed by atoms with Gasteiger partial charge in [-0.15, -0.1) is 0 Å². The third-order valence-electron chi connectivity index (χ3n) is 4.47. The van der Waals surface area contributed by atoms with Crippen molar-refractivity contribution in [3.8, 4) is 5.69 Å². The Kier molecular flexibility index (Phi) is 4.86. The molecule has 6 nitrogen and oxygen atoms in total. The standard InChI is InChI=1S/C21H15F3N4O2/c22-21(23,24)15-9-6-12-27(19(15)30)13-18(29)26-20-25-16-10-4-5-11-17(16)28(20)14-7-2-1-3-8-14/h1-12H,13H2,(H,25,26,29). The quantitative estimate of drug-likeness (QED) is 0.554. The molecule has 0 saturated heterocycles. The molecule has 2 heterocycles. The summed E-state index contributed by atoms with van der Waals surface area (Å²) < 4.78 is 41.3. The Bertz CT molecular complexity index is 1280. The van der Waals surface area contributed by atoms with Crippen molar-refractivity contribution >= 4 is 22.9 Å². The molecule has 0 aliphatic heterocycles. The number of aromatic nitrogens is 3. The van der Waals surface area contributed by atoms with Gasteiger partial charge in [0.25, 0.3) is 5.56 Å². The summed E-state index contributed by atoms with van der Waals surface area (Å²) in [5.41, 5.74) is -0.480. The molecule has 0 unspecified atom stereocenters. The van der Waals surface area contributed by atoms with E-state index in [0.29, 0.717) is 16.2 Å². The van der Waals surface area contributed by atoms with Crippen molar-refractivity contribution < 1.29 is 18.0 Å². The van der Waals surface area contributed by atoms with Gasteiger partial charge in [0, 0.05) is 11.9 Å². The van der Waals surface area contributed by atoms with Crippen LogP contribution in [0, 0.1) is 0 Å². The Morgan fingerprint density at radius 2 is 1.67 bits per heavy atom. The summed E-state index contributed by atoms with van der Waals surface area (Å²) in [6.45, 7) is -0.583. The Morgan fingerprint density at radius 3 is 2.40 bits per heavy atom. The number of imidazole rings is 1. The zero-order valence-corrected chi connectivity index (χ0v) is 15.4. The van der Waals surface area contributed by atoms with Gasteiger partial charge in [0.15, 0.2) is 0 Å². The molecule has 0 fully saturated rings. The molecule has 0 radical (unpaired) electrons. The number of alkyl halides is 3. The summed E-state index contributed by atoms with van der Waals surface area (Å²) >= 11 is 0. The molecular weight excluding hydrogens is 397 g/mol. The predicted octanol–water partition coefficient (Wildman–Crippen LogP) is 3.84. The van der Waals surface area contributed by atoms with Gasteiger partial charge in [-0.1, -0.05) is 30.3 Å². The molecular formula is C21H15F3N4O2. The molecule has 152 valence electrons. The number of amides is 1. The van der Waals surface area contributed by atoms with Crippen molar-refractivity contribution in [2.75, 3.05) is 5.32 Å². The average Bonchev–Trinajstić information content (AvgIpc) is 3.07. The van der Waals surface area contributed by atoms with Crippen LogP contribution in [-0.2, 0) is 17.5 Å². The SMILES string of the molecule is O=C(Cn1cccc(C(F)(F)F)c1=O)Nc1nc2ccccc2n1-c1ccccc1. The van der Waals surface area contributed by atoms with Gasteiger partial charge in [0.1, 0.15) is 12.1 Å². The first kappa shape index (κ1) is 19.4. The molecule has 4 aromatic rings. The lowest BCUT2D eigenvalue weighted by Crippen LogP contribution is -2.32. The highest BCUT2D eigenvalue weighted by atomic mass is 19.4. The summed E-state index contributed by atoms with van der Waals surface area (Å²) in [5, 5.41) is 2.60. The molecule has 9 heteroatoms. The molecule has 0 bridgehead atoms. The number of pyridine rings is 1. The van der Waals surface area contributed by atoms with Crippen molar-refractivity contribution in [2.24, 2.45) is 0 Å². The molecule has 1 N–H and O–H groups in total. The number of rotatable bonds is 4. The molecule has 0 atom stereocenters. The van der Waals surface area contributed by atoms with Crippen molar-refractivity contribution in [1.82, 2.24) is 14.1 Å². The minimum absolute atomic E-state index is 0.201. The number of fused-ring (bicyclic) bond motifs is 1. The maximum absolute atomic E-state index is 12.9. The van der Waals surface area contributed by atoms with Crippen LogP contribution in [0.4, 0.5) is 19.1 Å². The van der Waals surface area contributed by atoms with Gasteiger partial charge in [0.05, 0.1) is 11.0 Å². The van der Waals surface area contributed by atoms with E-state index in [9.17, 15) is 22.8 Å². The van der Waals surface area contributed by atoms with Crippen LogP contribution in [0.2, 0.25) is 0 Å². The Morgan fingerprint density at radius 1 is 0.967 bits per heavy atom. The number of anilines is 1. The lowest BCUT2D eigenvalue weighted by atomic mass is 10.2. The van der Waals surface area contributed by atoms with Gasteiger partial charge in [0.2, 0.25) is 11.9 Å². The van der Waals surface area contributed by atoms with E-state index in [0.717, 1.165) is 23.5 Å². The van der Waals surface area contributed by atoms with Crippen LogP contribution in [0.5, 0.6) is 0 Å². The normalized spacial score (nSPS) is 11.6. The van der Waals surface area contributed by atoms with Crippen molar-refractivity contribution in [2.45, 2.75) is 12.7 Å². The molecule has 0 spiro atoms. The molecule has 2 aromatic heterocycles. The van der Waals surface area contributed by atoms with Gasteiger partial charge in [-0.2, -0.15) is 13.2 Å². The van der Waals surface area contributed by atoms with Gasteiger partial charge in [-0.05, 0) is 36.4 Å². The van der Waals surface area contributed by atoms with E-state index in [1.165, 1.54) is 0 Å². The number of hydrogen-bond acceptors (Lipinski definition) is 3. The predicted molar refractivity (Wildman–Crippen MR) is 105 cm³/mol. The molecule has 0 aliphatic carbocycles. The Balaban J connectivity index is 1.68. The Labute approximate surface area is 168 Å². The largest absolute Gasteiger partial charge is 0.421 e. The van der Waals surface area contributed by atoms with Crippen LogP contribution in [-0.4, -0.2) is 20.0 Å². The number of nitrogens with zero attached hydrogens (tertiary/aromatic N) is 3. The van der Waals surface area contributed by atoms with E-state index in [1.54, 1.807) is 16.7 Å². The lowest BCUT2D eigenvalue weighted by Gasteiger charge is -2.12. The van der Waals surface area contributed by atoms with Crippen molar-refractivity contribution in [3.63, 3.8) is 0 Å². The molecule has 1 amide bonds. The van der Waals surface area contributed by atoms with E-state index in [4.69, 9.17) is 0 Å². The maximum Gasteiger partial charge on any atom is 0.421 e. The fraction of sp³-hybridized carbons (Fsp3) is 0.0952. The molecule has 30 heavy (non-hydrogen) atoms. The molecule has 0 saturated carbocycles. The van der Waals surface area contributed by atoms with E-state index in [2.05, 4.69) is 10.3 Å². The summed E-state index contributed by atoms with van der Waals surface area (Å²) in [7, 11) is 0. The number of para-hydroxylation sites is 3. The van der Waals surface area contributed by atoms with E-state index in [-0.39, 0.29) is 5.95 Å². The van der Waals surface area contributed by atoms with Crippen LogP contribution < -0.4 is 10.9 Å². The first-order chi connectivity index (χ1) is 14.3. The van der Waals surface area contributed by atoms with Gasteiger partial charge < -0.3 is 4.57 Å². The van der Waals surface area contributed by atoms with E-state index in [1.807, 2.05) is 42.5 Å². The van der Waals surface area contributed by atoms with Crippen LogP contribution in [0.1, 0.15) is 5.56 Å². The monoisotopic (exact) mass is 412 g/mol. The second-order valence-electron chi connectivity index (χ2n) is 6.50. The number of hydrogen-bond donors (Lipinski definition) is 1. The van der Waals surface area contributed by atoms with Crippen LogP contribution in [0.15, 0.2) is 77.7 Å². The number of halogens is 3. The van der Waals surface area contributed by atoms with E-state index >= 15 is 0 Å². The maximum atomic E-state index is 12.9. The summed E-state index contributed by atoms with van der Waals surface area (Å²) in [4.78, 5) is 29.0. The first-order valence-electron chi connectivity index (χ1n) is 8.94. The zero-order valence-electron chi connectivity index (χ0n) is 15.4. The zero-order chi connectivity index (χ0) is 21.3. The number of nitrogens with one attached hydrogen (secondary N) is 1. The fourth-order valence-corrected chi connectivity index (χ4v) is 3.14. The third-order valence-corrected chi connectivity index (χ3v) is 4.47. The molecule has 4 rings (SSSR count). The smallest absolute Gasteiger partial charge is 0.306 e. The summed E-state index contributed by atoms with van der Waals surface area (Å²) in [6, 6.07) is 18.2. The second kappa shape index (κ2) is 7.51. The fourth-order valence-electron chi connectivity index (χ4n) is 3.14. The average molecular weight is 412 g/mol. The number of benzene rings is 2. The van der Waals surface area contributed by atoms with Gasteiger partial charge in [-0.25, -0.2) is 4.98 Å². The van der Waals surface area contributed by atoms with Gasteiger partial charge in [-0.3, -0.25) is 19.5 Å². The highest BCUT2D eigenvalue weighted by Crippen LogP contribution is 2.26. The highest BCUT2D eigenvalue weighted by Gasteiger charge is 2.34. The lowest BCUT2D eigenvalue weighted by molar-refractivity contribution is -0.139. The topological polar surface area (TPSA) is 68.9 Å². The minimum atomic E-state index is -4.79. The number of carbonyl (C=O) groups is 1. The second-order valence-corrected chi connectivity index (χ2v) is 6.50. The first-order valence-corrected chi connectivity index (χ1v) is 8.94. The Hall–Kier alpha value is -3.88. The molecule has 2 aromatic carbocycles. The van der Waals surface area contributed by atoms with Crippen LogP contribution >= 0.6 is 0 Å². The summed E-state index contributed by atoms with van der Waals surface area (Å²) in [6.07, 6.45) is -3.66. The number of carbonyl (C=O) groups excluding carboxylic acids is 1. The van der Waals surface area contributed by atoms with Crippen molar-refractivity contribution in [1.29, 1.82) is 0 Å². The molecule has 0 aliphatic rings. The summed E-state index contributed by atoms with van der Waals surface area (Å²) in [5.74, 6) is -0.476. The minimum Gasteiger partial charge on any atom is -0.306 e. The van der Waals surface area contributed by atoms with Crippen LogP contribution in [0.3, 0.4) is 0 Å². The van der Waals surface area contributed by atoms with Crippen LogP contribution in [0.25, 0.3) is 16.7 Å².